The van der Waals surface area contributed by atoms with Crippen molar-refractivity contribution in [1.82, 2.24) is 0 Å². The van der Waals surface area contributed by atoms with Gasteiger partial charge in [0.15, 0.2) is 0 Å². The zero-order valence-electron chi connectivity index (χ0n) is 10.4. The Balaban J connectivity index is 1.92. The largest absolute Gasteiger partial charge is 0.396 e. The Morgan fingerprint density at radius 1 is 1.28 bits per heavy atom. The van der Waals surface area contributed by atoms with E-state index in [1.165, 1.54) is 25.7 Å². The highest BCUT2D eigenvalue weighted by atomic mass is 16.1. The van der Waals surface area contributed by atoms with E-state index in [1.54, 1.807) is 6.07 Å². The minimum atomic E-state index is -0.448. The normalized spacial score (nSPS) is 18.7. The third-order valence-corrected chi connectivity index (χ3v) is 3.80. The van der Waals surface area contributed by atoms with Gasteiger partial charge >= 0.3 is 0 Å². The lowest BCUT2D eigenvalue weighted by molar-refractivity contribution is 0.100. The fourth-order valence-electron chi connectivity index (χ4n) is 2.43. The highest BCUT2D eigenvalue weighted by Gasteiger charge is 2.34. The van der Waals surface area contributed by atoms with Crippen molar-refractivity contribution in [2.45, 2.75) is 31.7 Å². The molecule has 0 bridgehead atoms. The van der Waals surface area contributed by atoms with Gasteiger partial charge in [-0.3, -0.25) is 4.79 Å². The van der Waals surface area contributed by atoms with E-state index in [-0.39, 0.29) is 0 Å². The number of carbonyl (C=O) groups is 1. The third-order valence-electron chi connectivity index (χ3n) is 3.80. The number of nitrogens with zero attached hydrogens (tertiary/aromatic N) is 1. The molecule has 18 heavy (non-hydrogen) atoms. The van der Waals surface area contributed by atoms with E-state index in [9.17, 15) is 4.79 Å². The molecule has 4 N–H and O–H groups in total. The maximum Gasteiger partial charge on any atom is 0.250 e. The van der Waals surface area contributed by atoms with Crippen LogP contribution < -0.4 is 16.4 Å². The topological polar surface area (TPSA) is 72.4 Å². The quantitative estimate of drug-likeness (QED) is 0.776. The predicted molar refractivity (Wildman–Crippen MR) is 72.5 cm³/mol. The maximum atomic E-state index is 11.3. The zero-order chi connectivity index (χ0) is 12.7. The Hall–Kier alpha value is -1.71. The van der Waals surface area contributed by atoms with Crippen molar-refractivity contribution in [3.8, 4) is 0 Å². The number of primary amides is 1. The second-order valence-corrected chi connectivity index (χ2v) is 5.43. The molecule has 4 heteroatoms. The number of rotatable bonds is 5. The monoisotopic (exact) mass is 245 g/mol. The number of nitrogen functional groups attached to an aromatic ring is 1. The van der Waals surface area contributed by atoms with Gasteiger partial charge in [0.05, 0.1) is 16.9 Å². The van der Waals surface area contributed by atoms with Crippen molar-refractivity contribution in [3.05, 3.63) is 23.8 Å². The van der Waals surface area contributed by atoms with Gasteiger partial charge in [0.1, 0.15) is 0 Å². The van der Waals surface area contributed by atoms with Gasteiger partial charge in [0, 0.05) is 12.6 Å². The number of benzene rings is 1. The Morgan fingerprint density at radius 2 is 2.00 bits per heavy atom. The molecule has 0 atom stereocenters. The summed E-state index contributed by atoms with van der Waals surface area (Å²) in [6.07, 6.45) is 5.09. The molecule has 0 spiro atoms. The fraction of sp³-hybridized carbons (Fsp3) is 0.500. The van der Waals surface area contributed by atoms with Gasteiger partial charge in [-0.25, -0.2) is 0 Å². The molecule has 4 nitrogen and oxygen atoms in total. The van der Waals surface area contributed by atoms with E-state index in [2.05, 4.69) is 4.90 Å². The van der Waals surface area contributed by atoms with Gasteiger partial charge in [-0.15, -0.1) is 0 Å². The smallest absolute Gasteiger partial charge is 0.250 e. The lowest BCUT2D eigenvalue weighted by Crippen LogP contribution is -2.29. The van der Waals surface area contributed by atoms with Crippen LogP contribution in [0.2, 0.25) is 0 Å². The van der Waals surface area contributed by atoms with Crippen LogP contribution in [0.3, 0.4) is 0 Å². The van der Waals surface area contributed by atoms with Crippen molar-refractivity contribution in [1.29, 1.82) is 0 Å². The van der Waals surface area contributed by atoms with Crippen LogP contribution in [0.25, 0.3) is 0 Å². The summed E-state index contributed by atoms with van der Waals surface area (Å²) in [4.78, 5) is 13.7. The maximum absolute atomic E-state index is 11.3. The molecule has 3 rings (SSSR count). The SMILES string of the molecule is NC(=O)c1cccc(N(CC2CC2)C2CC2)c1N. The van der Waals surface area contributed by atoms with E-state index in [0.29, 0.717) is 17.3 Å². The lowest BCUT2D eigenvalue weighted by atomic mass is 10.1. The zero-order valence-corrected chi connectivity index (χ0v) is 10.4. The second-order valence-electron chi connectivity index (χ2n) is 5.43. The van der Waals surface area contributed by atoms with E-state index in [0.717, 1.165) is 18.2 Å². The first kappa shape index (κ1) is 11.4. The highest BCUT2D eigenvalue weighted by molar-refractivity contribution is 6.01. The van der Waals surface area contributed by atoms with Crippen LogP contribution in [-0.4, -0.2) is 18.5 Å². The van der Waals surface area contributed by atoms with Crippen molar-refractivity contribution in [2.24, 2.45) is 11.7 Å². The van der Waals surface area contributed by atoms with E-state index in [4.69, 9.17) is 11.5 Å². The van der Waals surface area contributed by atoms with Gasteiger partial charge in [-0.1, -0.05) is 6.07 Å². The van der Waals surface area contributed by atoms with Gasteiger partial charge in [-0.2, -0.15) is 0 Å². The molecule has 0 aliphatic heterocycles. The first-order valence-corrected chi connectivity index (χ1v) is 6.61. The van der Waals surface area contributed by atoms with Crippen LogP contribution in [0.4, 0.5) is 11.4 Å². The first-order valence-electron chi connectivity index (χ1n) is 6.61. The van der Waals surface area contributed by atoms with Crippen molar-refractivity contribution < 1.29 is 4.79 Å². The summed E-state index contributed by atoms with van der Waals surface area (Å²) in [6, 6.07) is 6.18. The van der Waals surface area contributed by atoms with Crippen LogP contribution in [0.1, 0.15) is 36.0 Å². The summed E-state index contributed by atoms with van der Waals surface area (Å²) in [6.45, 7) is 1.07. The van der Waals surface area contributed by atoms with Crippen LogP contribution in [0.15, 0.2) is 18.2 Å². The van der Waals surface area contributed by atoms with Gasteiger partial charge in [0.25, 0.3) is 5.91 Å². The van der Waals surface area contributed by atoms with E-state index < -0.39 is 5.91 Å². The molecule has 2 fully saturated rings. The summed E-state index contributed by atoms with van der Waals surface area (Å²) in [5.74, 6) is 0.360. The summed E-state index contributed by atoms with van der Waals surface area (Å²) in [7, 11) is 0. The molecule has 0 radical (unpaired) electrons. The fourth-order valence-corrected chi connectivity index (χ4v) is 2.43. The average molecular weight is 245 g/mol. The Kier molecular flexibility index (Phi) is 2.65. The number of anilines is 2. The van der Waals surface area contributed by atoms with Gasteiger partial charge < -0.3 is 16.4 Å². The molecule has 0 aromatic heterocycles. The van der Waals surface area contributed by atoms with Crippen molar-refractivity contribution in [2.75, 3.05) is 17.2 Å². The number of hydrogen-bond acceptors (Lipinski definition) is 3. The van der Waals surface area contributed by atoms with Crippen LogP contribution in [-0.2, 0) is 0 Å². The second kappa shape index (κ2) is 4.19. The number of nitrogens with two attached hydrogens (primary N) is 2. The minimum absolute atomic E-state index is 0.439. The van der Waals surface area contributed by atoms with Gasteiger partial charge in [0.2, 0.25) is 0 Å². The molecule has 0 saturated heterocycles. The van der Waals surface area contributed by atoms with Crippen LogP contribution >= 0.6 is 0 Å². The number of para-hydroxylation sites is 1. The highest BCUT2D eigenvalue weighted by Crippen LogP contribution is 2.40. The van der Waals surface area contributed by atoms with Crippen LogP contribution in [0, 0.1) is 5.92 Å². The number of amides is 1. The molecular weight excluding hydrogens is 226 g/mol. The average Bonchev–Trinajstić information content (AvgIpc) is 3.19. The van der Waals surface area contributed by atoms with Crippen molar-refractivity contribution >= 4 is 17.3 Å². The standard InChI is InChI=1S/C14H19N3O/c15-13-11(14(16)18)2-1-3-12(13)17(10-6-7-10)8-9-4-5-9/h1-3,9-10H,4-8,15H2,(H2,16,18). The molecule has 2 saturated carbocycles. The molecule has 0 unspecified atom stereocenters. The summed E-state index contributed by atoms with van der Waals surface area (Å²) in [5.41, 5.74) is 13.4. The molecule has 0 heterocycles. The lowest BCUT2D eigenvalue weighted by Gasteiger charge is -2.26. The molecule has 96 valence electrons. The molecule has 1 aromatic rings. The van der Waals surface area contributed by atoms with Gasteiger partial charge in [-0.05, 0) is 43.7 Å². The molecule has 1 aromatic carbocycles. The number of carbonyl (C=O) groups excluding carboxylic acids is 1. The molecule has 2 aliphatic rings. The van der Waals surface area contributed by atoms with Crippen LogP contribution in [0.5, 0.6) is 0 Å². The summed E-state index contributed by atoms with van der Waals surface area (Å²) < 4.78 is 0. The summed E-state index contributed by atoms with van der Waals surface area (Å²) in [5, 5.41) is 0. The summed E-state index contributed by atoms with van der Waals surface area (Å²) >= 11 is 0. The Bertz CT molecular complexity index is 478. The van der Waals surface area contributed by atoms with E-state index >= 15 is 0 Å². The Morgan fingerprint density at radius 3 is 2.56 bits per heavy atom. The molecular formula is C14H19N3O. The Labute approximate surface area is 107 Å². The molecule has 2 aliphatic carbocycles. The molecule has 1 amide bonds. The minimum Gasteiger partial charge on any atom is -0.396 e. The predicted octanol–water partition coefficient (Wildman–Crippen LogP) is 1.75. The first-order chi connectivity index (χ1) is 8.66. The number of hydrogen-bond donors (Lipinski definition) is 2. The van der Waals surface area contributed by atoms with Crippen molar-refractivity contribution in [3.63, 3.8) is 0 Å². The van der Waals surface area contributed by atoms with E-state index in [1.807, 2.05) is 12.1 Å². The third kappa shape index (κ3) is 2.15.